The molecule has 0 amide bonds. The van der Waals surface area contributed by atoms with Crippen LogP contribution in [0, 0.1) is 12.7 Å². The van der Waals surface area contributed by atoms with Gasteiger partial charge in [0.15, 0.2) is 0 Å². The predicted molar refractivity (Wildman–Crippen MR) is 66.9 cm³/mol. The van der Waals surface area contributed by atoms with Crippen LogP contribution in [-0.2, 0) is 6.54 Å². The summed E-state index contributed by atoms with van der Waals surface area (Å²) in [5.74, 6) is -0.0790. The first-order valence-electron chi connectivity index (χ1n) is 4.92. The molecule has 0 aliphatic heterocycles. The molecular formula is C11H10Cl2FN3. The van der Waals surface area contributed by atoms with Crippen LogP contribution in [0.4, 0.5) is 10.2 Å². The van der Waals surface area contributed by atoms with E-state index in [-0.39, 0.29) is 12.4 Å². The number of aryl methyl sites for hydroxylation is 1. The van der Waals surface area contributed by atoms with Crippen molar-refractivity contribution in [3.8, 4) is 0 Å². The Morgan fingerprint density at radius 3 is 2.65 bits per heavy atom. The first kappa shape index (κ1) is 12.2. The van der Waals surface area contributed by atoms with Crippen molar-refractivity contribution < 1.29 is 4.39 Å². The summed E-state index contributed by atoms with van der Waals surface area (Å²) in [6, 6.07) is 4.51. The third-order valence-electron chi connectivity index (χ3n) is 2.46. The number of hydrogen-bond donors (Lipinski definition) is 1. The van der Waals surface area contributed by atoms with Crippen molar-refractivity contribution in [2.45, 2.75) is 13.5 Å². The van der Waals surface area contributed by atoms with Crippen molar-refractivity contribution in [3.05, 3.63) is 45.3 Å². The largest absolute Gasteiger partial charge is 0.383 e. The zero-order chi connectivity index (χ0) is 12.6. The highest BCUT2D eigenvalue weighted by molar-refractivity contribution is 6.33. The monoisotopic (exact) mass is 273 g/mol. The zero-order valence-corrected chi connectivity index (χ0v) is 10.6. The molecule has 0 unspecified atom stereocenters. The third-order valence-corrected chi connectivity index (χ3v) is 3.28. The Morgan fingerprint density at radius 2 is 2.12 bits per heavy atom. The standard InChI is InChI=1S/C11H10Cl2FN3/c1-6-10(13)11(15)17(16-6)5-7-8(12)3-2-4-9(7)14/h2-4H,5,15H2,1H3. The molecule has 6 heteroatoms. The van der Waals surface area contributed by atoms with E-state index >= 15 is 0 Å². The molecule has 2 rings (SSSR count). The topological polar surface area (TPSA) is 43.8 Å². The summed E-state index contributed by atoms with van der Waals surface area (Å²) in [4.78, 5) is 0. The van der Waals surface area contributed by atoms with E-state index in [4.69, 9.17) is 28.9 Å². The molecular weight excluding hydrogens is 264 g/mol. The Hall–Kier alpha value is -1.26. The molecule has 0 saturated heterocycles. The molecule has 0 aliphatic carbocycles. The van der Waals surface area contributed by atoms with Crippen LogP contribution in [0.2, 0.25) is 10.0 Å². The van der Waals surface area contributed by atoms with Gasteiger partial charge in [-0.25, -0.2) is 9.07 Å². The number of rotatable bonds is 2. The summed E-state index contributed by atoms with van der Waals surface area (Å²) in [6.45, 7) is 1.89. The second kappa shape index (κ2) is 4.55. The van der Waals surface area contributed by atoms with Gasteiger partial charge in [-0.2, -0.15) is 5.10 Å². The van der Waals surface area contributed by atoms with Crippen LogP contribution in [0.3, 0.4) is 0 Å². The van der Waals surface area contributed by atoms with E-state index in [0.717, 1.165) is 0 Å². The highest BCUT2D eigenvalue weighted by Crippen LogP contribution is 2.25. The maximum absolute atomic E-state index is 13.6. The van der Waals surface area contributed by atoms with Crippen LogP contribution in [0.25, 0.3) is 0 Å². The molecule has 3 nitrogen and oxygen atoms in total. The molecule has 0 saturated carbocycles. The fourth-order valence-electron chi connectivity index (χ4n) is 1.53. The Balaban J connectivity index is 2.41. The molecule has 0 bridgehead atoms. The minimum absolute atomic E-state index is 0.158. The van der Waals surface area contributed by atoms with Gasteiger partial charge < -0.3 is 5.73 Å². The summed E-state index contributed by atoms with van der Waals surface area (Å²) in [7, 11) is 0. The SMILES string of the molecule is Cc1nn(Cc2c(F)cccc2Cl)c(N)c1Cl. The van der Waals surface area contributed by atoms with E-state index < -0.39 is 0 Å². The van der Waals surface area contributed by atoms with E-state index in [1.807, 2.05) is 0 Å². The fourth-order valence-corrected chi connectivity index (χ4v) is 1.89. The van der Waals surface area contributed by atoms with E-state index in [1.54, 1.807) is 19.1 Å². The summed E-state index contributed by atoms with van der Waals surface area (Å²) in [5.41, 5.74) is 6.71. The van der Waals surface area contributed by atoms with E-state index in [0.29, 0.717) is 27.1 Å². The minimum Gasteiger partial charge on any atom is -0.383 e. The number of nitrogen functional groups attached to an aromatic ring is 1. The van der Waals surface area contributed by atoms with Gasteiger partial charge in [0.1, 0.15) is 16.7 Å². The smallest absolute Gasteiger partial charge is 0.141 e. The number of nitrogens with zero attached hydrogens (tertiary/aromatic N) is 2. The number of aromatic nitrogens is 2. The zero-order valence-electron chi connectivity index (χ0n) is 9.04. The van der Waals surface area contributed by atoms with Crippen LogP contribution in [0.5, 0.6) is 0 Å². The normalized spacial score (nSPS) is 10.8. The Bertz CT molecular complexity index is 546. The second-order valence-corrected chi connectivity index (χ2v) is 4.43. The molecule has 0 aliphatic rings. The Labute approximate surface area is 108 Å². The molecule has 1 heterocycles. The lowest BCUT2D eigenvalue weighted by Gasteiger charge is -2.07. The summed E-state index contributed by atoms with van der Waals surface area (Å²) in [5, 5.41) is 4.85. The lowest BCUT2D eigenvalue weighted by molar-refractivity contribution is 0.586. The highest BCUT2D eigenvalue weighted by atomic mass is 35.5. The molecule has 17 heavy (non-hydrogen) atoms. The number of anilines is 1. The summed E-state index contributed by atoms with van der Waals surface area (Å²) in [6.07, 6.45) is 0. The average molecular weight is 274 g/mol. The van der Waals surface area contributed by atoms with Crippen LogP contribution < -0.4 is 5.73 Å². The number of benzene rings is 1. The number of nitrogens with two attached hydrogens (primary N) is 1. The average Bonchev–Trinajstić information content (AvgIpc) is 2.52. The molecule has 0 atom stereocenters. The van der Waals surface area contributed by atoms with Crippen LogP contribution in [0.1, 0.15) is 11.3 Å². The molecule has 1 aromatic carbocycles. The maximum Gasteiger partial charge on any atom is 0.141 e. The Morgan fingerprint density at radius 1 is 1.41 bits per heavy atom. The maximum atomic E-state index is 13.6. The van der Waals surface area contributed by atoms with Crippen molar-refractivity contribution in [3.63, 3.8) is 0 Å². The second-order valence-electron chi connectivity index (χ2n) is 3.64. The van der Waals surface area contributed by atoms with Crippen molar-refractivity contribution in [1.82, 2.24) is 9.78 Å². The highest BCUT2D eigenvalue weighted by Gasteiger charge is 2.13. The molecule has 0 radical (unpaired) electrons. The molecule has 2 N–H and O–H groups in total. The van der Waals surface area contributed by atoms with Gasteiger partial charge in [0.05, 0.1) is 12.2 Å². The van der Waals surface area contributed by atoms with Crippen molar-refractivity contribution >= 4 is 29.0 Å². The quantitative estimate of drug-likeness (QED) is 0.913. The van der Waals surface area contributed by atoms with Gasteiger partial charge in [0.2, 0.25) is 0 Å². The van der Waals surface area contributed by atoms with Crippen molar-refractivity contribution in [1.29, 1.82) is 0 Å². The van der Waals surface area contributed by atoms with Crippen molar-refractivity contribution in [2.24, 2.45) is 0 Å². The fraction of sp³-hybridized carbons (Fsp3) is 0.182. The number of hydrogen-bond acceptors (Lipinski definition) is 2. The molecule has 2 aromatic rings. The van der Waals surface area contributed by atoms with Crippen LogP contribution >= 0.6 is 23.2 Å². The van der Waals surface area contributed by atoms with Gasteiger partial charge in [-0.15, -0.1) is 0 Å². The Kier molecular flexibility index (Phi) is 3.26. The van der Waals surface area contributed by atoms with E-state index in [9.17, 15) is 4.39 Å². The van der Waals surface area contributed by atoms with Gasteiger partial charge in [-0.3, -0.25) is 0 Å². The minimum atomic E-state index is -0.388. The van der Waals surface area contributed by atoms with Gasteiger partial charge >= 0.3 is 0 Å². The van der Waals surface area contributed by atoms with Gasteiger partial charge in [-0.05, 0) is 19.1 Å². The van der Waals surface area contributed by atoms with Crippen LogP contribution in [-0.4, -0.2) is 9.78 Å². The van der Waals surface area contributed by atoms with Gasteiger partial charge in [-0.1, -0.05) is 29.3 Å². The predicted octanol–water partition coefficient (Wildman–Crippen LogP) is 3.27. The lowest BCUT2D eigenvalue weighted by Crippen LogP contribution is -2.08. The van der Waals surface area contributed by atoms with Crippen molar-refractivity contribution in [2.75, 3.05) is 5.73 Å². The molecule has 1 aromatic heterocycles. The third kappa shape index (κ3) is 2.23. The summed E-state index contributed by atoms with van der Waals surface area (Å²) < 4.78 is 15.0. The molecule has 0 spiro atoms. The van der Waals surface area contributed by atoms with E-state index in [2.05, 4.69) is 5.10 Å². The molecule has 90 valence electrons. The van der Waals surface area contributed by atoms with Gasteiger partial charge in [0, 0.05) is 10.6 Å². The molecule has 0 fully saturated rings. The van der Waals surface area contributed by atoms with E-state index in [1.165, 1.54) is 10.7 Å². The van der Waals surface area contributed by atoms with Crippen LogP contribution in [0.15, 0.2) is 18.2 Å². The lowest BCUT2D eigenvalue weighted by atomic mass is 10.2. The number of halogens is 3. The first-order valence-corrected chi connectivity index (χ1v) is 5.67. The summed E-state index contributed by atoms with van der Waals surface area (Å²) >= 11 is 11.8. The van der Waals surface area contributed by atoms with Gasteiger partial charge in [0.25, 0.3) is 0 Å². The first-order chi connectivity index (χ1) is 8.00.